The van der Waals surface area contributed by atoms with Gasteiger partial charge in [0.05, 0.1) is 0 Å². The van der Waals surface area contributed by atoms with Gasteiger partial charge in [0, 0.05) is 24.8 Å². The van der Waals surface area contributed by atoms with E-state index in [9.17, 15) is 21.6 Å². The molecule has 154 valence electrons. The Balaban J connectivity index is 0.00000136. The minimum Gasteiger partial charge on any atom is -0.381 e. The fraction of sp³-hybridized carbons (Fsp3) is 0.400. The third-order valence-electron chi connectivity index (χ3n) is 4.40. The van der Waals surface area contributed by atoms with Gasteiger partial charge in [0.25, 0.3) is 0 Å². The average Bonchev–Trinajstić information content (AvgIpc) is 2.87. The van der Waals surface area contributed by atoms with E-state index in [4.69, 9.17) is 0 Å². The molecule has 0 radical (unpaired) electrons. The second kappa shape index (κ2) is 9.43. The smallest absolute Gasteiger partial charge is 0.381 e. The summed E-state index contributed by atoms with van der Waals surface area (Å²) in [7, 11) is -5.39. The molecule has 1 aliphatic rings. The molecule has 0 spiro atoms. The molecule has 1 atom stereocenters. The number of nitrogens with zero attached hydrogens (tertiary/aromatic N) is 1. The molecule has 1 N–H and O–H groups in total. The van der Waals surface area contributed by atoms with Gasteiger partial charge in [0.2, 0.25) is 0 Å². The molecule has 0 fully saturated rings. The van der Waals surface area contributed by atoms with Crippen molar-refractivity contribution in [1.29, 1.82) is 0 Å². The van der Waals surface area contributed by atoms with Gasteiger partial charge in [0.1, 0.15) is 0 Å². The number of sulfonamides is 1. The molecule has 28 heavy (non-hydrogen) atoms. The lowest BCUT2D eigenvalue weighted by molar-refractivity contribution is -0.0491. The van der Waals surface area contributed by atoms with Crippen molar-refractivity contribution < 1.29 is 21.6 Å². The number of anilines is 1. The highest BCUT2D eigenvalue weighted by Gasteiger charge is 2.50. The number of alkyl halides is 3. The Labute approximate surface area is 164 Å². The van der Waals surface area contributed by atoms with Crippen molar-refractivity contribution in [2.75, 3.05) is 11.9 Å². The number of hydrogen-bond donors (Lipinski definition) is 1. The maximum absolute atomic E-state index is 13.1. The van der Waals surface area contributed by atoms with Crippen LogP contribution in [-0.2, 0) is 23.0 Å². The Morgan fingerprint density at radius 3 is 2.29 bits per heavy atom. The van der Waals surface area contributed by atoms with Gasteiger partial charge in [-0.05, 0) is 30.0 Å². The van der Waals surface area contributed by atoms with Crippen molar-refractivity contribution in [3.63, 3.8) is 0 Å². The lowest BCUT2D eigenvalue weighted by Gasteiger charge is -2.25. The van der Waals surface area contributed by atoms with Gasteiger partial charge < -0.3 is 5.32 Å². The van der Waals surface area contributed by atoms with Crippen LogP contribution in [0.4, 0.5) is 18.9 Å². The summed E-state index contributed by atoms with van der Waals surface area (Å²) >= 11 is 0. The molecule has 0 amide bonds. The maximum atomic E-state index is 13.1. The highest BCUT2D eigenvalue weighted by molar-refractivity contribution is 7.89. The second-order valence-electron chi connectivity index (χ2n) is 6.27. The van der Waals surface area contributed by atoms with E-state index in [0.717, 1.165) is 5.56 Å². The van der Waals surface area contributed by atoms with Crippen LogP contribution in [0.25, 0.3) is 0 Å². The zero-order chi connectivity index (χ0) is 20.8. The maximum Gasteiger partial charge on any atom is 0.511 e. The first-order valence-corrected chi connectivity index (χ1v) is 10.7. The number of aryl methyl sites for hydroxylation is 1. The summed E-state index contributed by atoms with van der Waals surface area (Å²) in [5.41, 5.74) is -3.05. The van der Waals surface area contributed by atoms with E-state index in [1.54, 1.807) is 24.3 Å². The van der Waals surface area contributed by atoms with Crippen LogP contribution in [-0.4, -0.2) is 30.8 Å². The van der Waals surface area contributed by atoms with Crippen LogP contribution in [0.3, 0.4) is 0 Å². The SMILES string of the molecule is CC.O=S(=O)(N1Cc2ccccc2NC(CCc2ccccc2)C1)C(F)(F)F. The van der Waals surface area contributed by atoms with Gasteiger partial charge in [-0.1, -0.05) is 62.4 Å². The fourth-order valence-electron chi connectivity index (χ4n) is 3.04. The van der Waals surface area contributed by atoms with Crippen LogP contribution in [0.5, 0.6) is 0 Å². The second-order valence-corrected chi connectivity index (χ2v) is 8.20. The van der Waals surface area contributed by atoms with E-state index < -0.39 is 21.6 Å². The molecule has 0 saturated carbocycles. The first-order valence-electron chi connectivity index (χ1n) is 9.22. The normalized spacial score (nSPS) is 17.5. The van der Waals surface area contributed by atoms with Crippen LogP contribution >= 0.6 is 0 Å². The minimum absolute atomic E-state index is 0.233. The zero-order valence-electron chi connectivity index (χ0n) is 15.9. The van der Waals surface area contributed by atoms with Gasteiger partial charge in [-0.2, -0.15) is 17.5 Å². The van der Waals surface area contributed by atoms with Crippen molar-refractivity contribution in [3.05, 3.63) is 65.7 Å². The topological polar surface area (TPSA) is 49.4 Å². The lowest BCUT2D eigenvalue weighted by Crippen LogP contribution is -2.44. The van der Waals surface area contributed by atoms with E-state index in [1.165, 1.54) is 0 Å². The van der Waals surface area contributed by atoms with Gasteiger partial charge in [-0.25, -0.2) is 8.42 Å². The largest absolute Gasteiger partial charge is 0.511 e. The summed E-state index contributed by atoms with van der Waals surface area (Å²) in [6.07, 6.45) is 1.16. The summed E-state index contributed by atoms with van der Waals surface area (Å²) < 4.78 is 63.6. The van der Waals surface area contributed by atoms with Crippen molar-refractivity contribution in [1.82, 2.24) is 4.31 Å². The quantitative estimate of drug-likeness (QED) is 0.783. The Bertz CT molecular complexity index is 855. The van der Waals surface area contributed by atoms with E-state index in [-0.39, 0.29) is 13.1 Å². The minimum atomic E-state index is -5.39. The summed E-state index contributed by atoms with van der Waals surface area (Å²) in [6.45, 7) is 3.47. The number of halogens is 3. The molecule has 4 nitrogen and oxygen atoms in total. The summed E-state index contributed by atoms with van der Waals surface area (Å²) in [5, 5.41) is 3.21. The molecule has 0 bridgehead atoms. The fourth-order valence-corrected chi connectivity index (χ4v) is 4.02. The first kappa shape index (κ1) is 22.2. The van der Waals surface area contributed by atoms with E-state index in [2.05, 4.69) is 5.32 Å². The standard InChI is InChI=1S/C18H19F3N2O2S.C2H6/c19-18(20,21)26(24,25)23-12-15-8-4-5-9-17(15)22-16(13-23)11-10-14-6-2-1-3-7-14;1-2/h1-9,16,22H,10-13H2;1-2H3. The summed E-state index contributed by atoms with van der Waals surface area (Å²) in [6, 6.07) is 16.0. The molecule has 0 aliphatic carbocycles. The molecule has 3 rings (SSSR count). The Kier molecular flexibility index (Phi) is 7.48. The van der Waals surface area contributed by atoms with Gasteiger partial charge in [0.15, 0.2) is 0 Å². The Hall–Kier alpha value is -2.06. The van der Waals surface area contributed by atoms with Gasteiger partial charge in [-0.3, -0.25) is 0 Å². The molecule has 1 heterocycles. The molecule has 8 heteroatoms. The molecular weight excluding hydrogens is 389 g/mol. The highest BCUT2D eigenvalue weighted by atomic mass is 32.2. The number of hydrogen-bond acceptors (Lipinski definition) is 3. The molecule has 1 aliphatic heterocycles. The van der Waals surface area contributed by atoms with E-state index in [0.29, 0.717) is 28.4 Å². The predicted molar refractivity (Wildman–Crippen MR) is 105 cm³/mol. The Morgan fingerprint density at radius 1 is 1.04 bits per heavy atom. The number of benzene rings is 2. The molecule has 1 unspecified atom stereocenters. The molecule has 2 aromatic rings. The average molecular weight is 414 g/mol. The van der Waals surface area contributed by atoms with Crippen molar-refractivity contribution in [2.45, 2.75) is 44.8 Å². The Morgan fingerprint density at radius 2 is 1.64 bits per heavy atom. The summed E-state index contributed by atoms with van der Waals surface area (Å²) in [4.78, 5) is 0. The lowest BCUT2D eigenvalue weighted by atomic mass is 10.0. The van der Waals surface area contributed by atoms with Gasteiger partial charge >= 0.3 is 15.5 Å². The molecule has 0 saturated heterocycles. The monoisotopic (exact) mass is 414 g/mol. The first-order chi connectivity index (χ1) is 13.3. The van der Waals surface area contributed by atoms with Crippen LogP contribution in [0.15, 0.2) is 54.6 Å². The number of rotatable bonds is 4. The van der Waals surface area contributed by atoms with Crippen LogP contribution in [0, 0.1) is 0 Å². The summed E-state index contributed by atoms with van der Waals surface area (Å²) in [5.74, 6) is 0. The number of para-hydroxylation sites is 1. The van der Waals surface area contributed by atoms with Crippen LogP contribution in [0.2, 0.25) is 0 Å². The number of nitrogens with one attached hydrogen (secondary N) is 1. The van der Waals surface area contributed by atoms with E-state index >= 15 is 0 Å². The third kappa shape index (κ3) is 5.26. The number of fused-ring (bicyclic) bond motifs is 1. The molecule has 2 aromatic carbocycles. The van der Waals surface area contributed by atoms with Crippen LogP contribution < -0.4 is 5.32 Å². The molecular formula is C20H25F3N2O2S. The third-order valence-corrected chi connectivity index (χ3v) is 5.95. The van der Waals surface area contributed by atoms with Crippen molar-refractivity contribution >= 4 is 15.7 Å². The molecule has 0 aromatic heterocycles. The van der Waals surface area contributed by atoms with Crippen LogP contribution in [0.1, 0.15) is 31.4 Å². The predicted octanol–water partition coefficient (Wildman–Crippen LogP) is 4.79. The van der Waals surface area contributed by atoms with Crippen molar-refractivity contribution in [3.8, 4) is 0 Å². The van der Waals surface area contributed by atoms with Gasteiger partial charge in [-0.15, -0.1) is 0 Å². The van der Waals surface area contributed by atoms with E-state index in [1.807, 2.05) is 44.2 Å². The highest BCUT2D eigenvalue weighted by Crippen LogP contribution is 2.32. The zero-order valence-corrected chi connectivity index (χ0v) is 16.7. The van der Waals surface area contributed by atoms with Crippen molar-refractivity contribution in [2.24, 2.45) is 0 Å².